The molecule has 1 saturated carbocycles. The second-order valence-corrected chi connectivity index (χ2v) is 6.27. The van der Waals surface area contributed by atoms with Crippen LogP contribution in [0.4, 0.5) is 14.5 Å². The highest BCUT2D eigenvalue weighted by Gasteiger charge is 2.39. The Labute approximate surface area is 127 Å². The Morgan fingerprint density at radius 1 is 1.18 bits per heavy atom. The molecular formula is C17H18F2N2O. The van der Waals surface area contributed by atoms with E-state index < -0.39 is 11.6 Å². The number of ether oxygens (including phenoxy) is 1. The minimum absolute atomic E-state index is 0.0836. The van der Waals surface area contributed by atoms with E-state index in [1.807, 2.05) is 6.07 Å². The van der Waals surface area contributed by atoms with Gasteiger partial charge in [-0.25, -0.2) is 8.78 Å². The minimum atomic E-state index is -0.610. The Morgan fingerprint density at radius 3 is 2.82 bits per heavy atom. The Bertz CT molecular complexity index is 713. The molecule has 1 aliphatic heterocycles. The van der Waals surface area contributed by atoms with Crippen LogP contribution >= 0.6 is 0 Å². The van der Waals surface area contributed by atoms with Gasteiger partial charge in [-0.05, 0) is 25.0 Å². The van der Waals surface area contributed by atoms with Gasteiger partial charge < -0.3 is 9.64 Å². The van der Waals surface area contributed by atoms with Crippen molar-refractivity contribution in [2.45, 2.75) is 31.3 Å². The zero-order chi connectivity index (χ0) is 15.2. The standard InChI is InChI=1S/C17H18F2N2O/c18-12-9-13-15(3-6-20-16(13)14(19)10-12)21-7-8-22-17(11-21)4-1-2-5-17/h3,6,9-10H,1-2,4-5,7-8,11H2. The zero-order valence-corrected chi connectivity index (χ0v) is 12.3. The van der Waals surface area contributed by atoms with Gasteiger partial charge in [0.2, 0.25) is 0 Å². The van der Waals surface area contributed by atoms with Crippen molar-refractivity contribution >= 4 is 16.6 Å². The summed E-state index contributed by atoms with van der Waals surface area (Å²) >= 11 is 0. The van der Waals surface area contributed by atoms with Gasteiger partial charge in [0.1, 0.15) is 11.3 Å². The van der Waals surface area contributed by atoms with E-state index in [2.05, 4.69) is 9.88 Å². The molecule has 3 nitrogen and oxygen atoms in total. The average Bonchev–Trinajstić information content (AvgIpc) is 2.94. The fourth-order valence-electron chi connectivity index (χ4n) is 3.81. The first-order valence-corrected chi connectivity index (χ1v) is 7.80. The largest absolute Gasteiger partial charge is 0.371 e. The summed E-state index contributed by atoms with van der Waals surface area (Å²) in [5, 5.41) is 0.537. The number of anilines is 1. The molecule has 4 rings (SSSR count). The number of hydrogen-bond acceptors (Lipinski definition) is 3. The summed E-state index contributed by atoms with van der Waals surface area (Å²) in [6, 6.07) is 4.10. The molecule has 0 amide bonds. The summed E-state index contributed by atoms with van der Waals surface area (Å²) in [5.74, 6) is -1.18. The molecule has 0 radical (unpaired) electrons. The molecule has 0 unspecified atom stereocenters. The smallest absolute Gasteiger partial charge is 0.152 e. The van der Waals surface area contributed by atoms with Crippen molar-refractivity contribution in [1.29, 1.82) is 0 Å². The van der Waals surface area contributed by atoms with Gasteiger partial charge in [-0.15, -0.1) is 0 Å². The van der Waals surface area contributed by atoms with Crippen LogP contribution in [0.5, 0.6) is 0 Å². The maximum absolute atomic E-state index is 13.9. The Morgan fingerprint density at radius 2 is 2.00 bits per heavy atom. The highest BCUT2D eigenvalue weighted by Crippen LogP contribution is 2.38. The molecule has 1 saturated heterocycles. The van der Waals surface area contributed by atoms with Gasteiger partial charge in [0.15, 0.2) is 5.82 Å². The third-order valence-corrected chi connectivity index (χ3v) is 4.84. The molecular weight excluding hydrogens is 286 g/mol. The topological polar surface area (TPSA) is 25.4 Å². The fourth-order valence-corrected chi connectivity index (χ4v) is 3.81. The van der Waals surface area contributed by atoms with Gasteiger partial charge in [0, 0.05) is 36.4 Å². The number of rotatable bonds is 1. The van der Waals surface area contributed by atoms with Crippen molar-refractivity contribution in [2.75, 3.05) is 24.6 Å². The first-order chi connectivity index (χ1) is 10.7. The number of benzene rings is 1. The highest BCUT2D eigenvalue weighted by atomic mass is 19.1. The van der Waals surface area contributed by atoms with Crippen molar-refractivity contribution < 1.29 is 13.5 Å². The molecule has 22 heavy (non-hydrogen) atoms. The third kappa shape index (κ3) is 2.24. The molecule has 2 fully saturated rings. The summed E-state index contributed by atoms with van der Waals surface area (Å²) in [7, 11) is 0. The number of nitrogens with zero attached hydrogens (tertiary/aromatic N) is 2. The van der Waals surface area contributed by atoms with Crippen LogP contribution in [-0.2, 0) is 4.74 Å². The van der Waals surface area contributed by atoms with Crippen molar-refractivity contribution in [3.8, 4) is 0 Å². The van der Waals surface area contributed by atoms with Crippen molar-refractivity contribution in [2.24, 2.45) is 0 Å². The molecule has 1 spiro atoms. The number of pyridine rings is 1. The summed E-state index contributed by atoms with van der Waals surface area (Å²) in [6.45, 7) is 2.17. The second-order valence-electron chi connectivity index (χ2n) is 6.27. The molecule has 2 aromatic rings. The zero-order valence-electron chi connectivity index (χ0n) is 12.3. The van der Waals surface area contributed by atoms with E-state index in [4.69, 9.17) is 4.74 Å². The normalized spacial score (nSPS) is 20.9. The molecule has 1 aromatic heterocycles. The van der Waals surface area contributed by atoms with Crippen LogP contribution < -0.4 is 4.90 Å². The lowest BCUT2D eigenvalue weighted by Crippen LogP contribution is -2.50. The van der Waals surface area contributed by atoms with Crippen LogP contribution in [0.1, 0.15) is 25.7 Å². The van der Waals surface area contributed by atoms with Gasteiger partial charge in [-0.2, -0.15) is 0 Å². The van der Waals surface area contributed by atoms with Gasteiger partial charge in [0.05, 0.1) is 12.2 Å². The SMILES string of the molecule is Fc1cc(F)c2nccc(N3CCOC4(CCCC4)C3)c2c1. The molecule has 2 aliphatic rings. The van der Waals surface area contributed by atoms with E-state index in [0.29, 0.717) is 12.0 Å². The molecule has 1 aromatic carbocycles. The minimum Gasteiger partial charge on any atom is -0.371 e. The van der Waals surface area contributed by atoms with Crippen LogP contribution in [0, 0.1) is 11.6 Å². The molecule has 2 heterocycles. The number of morpholine rings is 1. The maximum Gasteiger partial charge on any atom is 0.152 e. The quantitative estimate of drug-likeness (QED) is 0.804. The fraction of sp³-hybridized carbons (Fsp3) is 0.471. The monoisotopic (exact) mass is 304 g/mol. The van der Waals surface area contributed by atoms with E-state index >= 15 is 0 Å². The van der Waals surface area contributed by atoms with Gasteiger partial charge >= 0.3 is 0 Å². The first kappa shape index (κ1) is 13.9. The summed E-state index contributed by atoms with van der Waals surface area (Å²) in [4.78, 5) is 6.26. The van der Waals surface area contributed by atoms with E-state index in [9.17, 15) is 8.78 Å². The molecule has 0 bridgehead atoms. The van der Waals surface area contributed by atoms with Crippen molar-refractivity contribution in [3.05, 3.63) is 36.0 Å². The maximum atomic E-state index is 13.9. The number of hydrogen-bond donors (Lipinski definition) is 0. The van der Waals surface area contributed by atoms with Gasteiger partial charge in [0.25, 0.3) is 0 Å². The predicted octanol–water partition coefficient (Wildman–Crippen LogP) is 3.66. The third-order valence-electron chi connectivity index (χ3n) is 4.84. The Kier molecular flexibility index (Phi) is 3.26. The van der Waals surface area contributed by atoms with Crippen molar-refractivity contribution in [1.82, 2.24) is 4.98 Å². The average molecular weight is 304 g/mol. The lowest BCUT2D eigenvalue weighted by Gasteiger charge is -2.42. The first-order valence-electron chi connectivity index (χ1n) is 7.80. The van der Waals surface area contributed by atoms with Crippen LogP contribution in [0.15, 0.2) is 24.4 Å². The highest BCUT2D eigenvalue weighted by molar-refractivity contribution is 5.92. The summed E-state index contributed by atoms with van der Waals surface area (Å²) in [6.07, 6.45) is 6.10. The predicted molar refractivity (Wildman–Crippen MR) is 81.0 cm³/mol. The molecule has 116 valence electrons. The molecule has 5 heteroatoms. The van der Waals surface area contributed by atoms with Gasteiger partial charge in [-0.3, -0.25) is 4.98 Å². The Hall–Kier alpha value is -1.75. The number of fused-ring (bicyclic) bond motifs is 1. The number of aromatic nitrogens is 1. The van der Waals surface area contributed by atoms with Crippen molar-refractivity contribution in [3.63, 3.8) is 0 Å². The van der Waals surface area contributed by atoms with E-state index in [1.54, 1.807) is 6.20 Å². The van der Waals surface area contributed by atoms with E-state index in [-0.39, 0.29) is 11.1 Å². The summed E-state index contributed by atoms with van der Waals surface area (Å²) in [5.41, 5.74) is 0.989. The second kappa shape index (κ2) is 5.16. The lowest BCUT2D eigenvalue weighted by atomic mass is 9.99. The number of halogens is 2. The Balaban J connectivity index is 1.77. The molecule has 1 aliphatic carbocycles. The van der Waals surface area contributed by atoms with Crippen LogP contribution in [0.2, 0.25) is 0 Å². The summed E-state index contributed by atoms with van der Waals surface area (Å²) < 4.78 is 33.6. The molecule has 0 N–H and O–H groups in total. The van der Waals surface area contributed by atoms with E-state index in [0.717, 1.165) is 37.7 Å². The van der Waals surface area contributed by atoms with Crippen LogP contribution in [-0.4, -0.2) is 30.3 Å². The van der Waals surface area contributed by atoms with Crippen LogP contribution in [0.3, 0.4) is 0 Å². The van der Waals surface area contributed by atoms with Gasteiger partial charge in [-0.1, -0.05) is 12.8 Å². The van der Waals surface area contributed by atoms with E-state index in [1.165, 1.54) is 18.9 Å². The molecule has 0 atom stereocenters. The lowest BCUT2D eigenvalue weighted by molar-refractivity contribution is -0.0500. The van der Waals surface area contributed by atoms with Crippen LogP contribution in [0.25, 0.3) is 10.9 Å².